The summed E-state index contributed by atoms with van der Waals surface area (Å²) in [5.41, 5.74) is 0.539. The van der Waals surface area contributed by atoms with Gasteiger partial charge < -0.3 is 9.80 Å². The molecule has 2 fully saturated rings. The smallest absolute Gasteiger partial charge is 0.225 e. The van der Waals surface area contributed by atoms with Gasteiger partial charge in [-0.25, -0.2) is 0 Å². The maximum absolute atomic E-state index is 13.4. The van der Waals surface area contributed by atoms with E-state index in [0.717, 1.165) is 25.9 Å². The van der Waals surface area contributed by atoms with Crippen LogP contribution in [0, 0.1) is 11.3 Å². The fourth-order valence-electron chi connectivity index (χ4n) is 5.62. The lowest BCUT2D eigenvalue weighted by Gasteiger charge is -2.47. The zero-order valence-corrected chi connectivity index (χ0v) is 20.7. The van der Waals surface area contributed by atoms with E-state index in [1.807, 2.05) is 0 Å². The van der Waals surface area contributed by atoms with Gasteiger partial charge in [-0.3, -0.25) is 4.79 Å². The first-order valence-corrected chi connectivity index (χ1v) is 13.6. The van der Waals surface area contributed by atoms with Crippen molar-refractivity contribution in [2.75, 3.05) is 32.7 Å². The van der Waals surface area contributed by atoms with Crippen molar-refractivity contribution in [3.63, 3.8) is 0 Å². The molecule has 1 spiro atoms. The molecule has 0 aliphatic carbocycles. The van der Waals surface area contributed by atoms with E-state index in [2.05, 4.69) is 30.6 Å². The minimum Gasteiger partial charge on any atom is -0.342 e. The van der Waals surface area contributed by atoms with Gasteiger partial charge >= 0.3 is 0 Å². The fraction of sp³-hybridized carbons (Fsp3) is 0.963. The molecule has 176 valence electrons. The summed E-state index contributed by atoms with van der Waals surface area (Å²) in [5, 5.41) is 0. The molecule has 0 aromatic rings. The lowest BCUT2D eigenvalue weighted by molar-refractivity contribution is -0.139. The van der Waals surface area contributed by atoms with Crippen molar-refractivity contribution in [1.82, 2.24) is 9.80 Å². The summed E-state index contributed by atoms with van der Waals surface area (Å²) >= 11 is 0. The zero-order chi connectivity index (χ0) is 21.7. The Kier molecular flexibility index (Phi) is 12.4. The third kappa shape index (κ3) is 8.52. The highest BCUT2D eigenvalue weighted by molar-refractivity contribution is 5.78. The van der Waals surface area contributed by atoms with Gasteiger partial charge in [0.2, 0.25) is 5.91 Å². The van der Waals surface area contributed by atoms with Gasteiger partial charge in [0.1, 0.15) is 0 Å². The molecule has 0 N–H and O–H groups in total. The topological polar surface area (TPSA) is 23.6 Å². The number of carbonyl (C=O) groups is 1. The zero-order valence-electron chi connectivity index (χ0n) is 20.7. The lowest BCUT2D eigenvalue weighted by atomic mass is 9.71. The second-order valence-electron chi connectivity index (χ2n) is 10.4. The Morgan fingerprint density at radius 3 is 1.70 bits per heavy atom. The van der Waals surface area contributed by atoms with Gasteiger partial charge in [0.05, 0.1) is 0 Å². The summed E-state index contributed by atoms with van der Waals surface area (Å²) in [6.07, 6.45) is 20.4. The SMILES string of the molecule is CCCCCCC(CCCCCC)C(=O)N1CCC2(CCN(CCCC)CC2)CC1. The van der Waals surface area contributed by atoms with Gasteiger partial charge in [-0.05, 0) is 70.0 Å². The third-order valence-electron chi connectivity index (χ3n) is 8.04. The normalized spacial score (nSPS) is 19.7. The van der Waals surface area contributed by atoms with Crippen molar-refractivity contribution in [3.8, 4) is 0 Å². The third-order valence-corrected chi connectivity index (χ3v) is 8.04. The first-order chi connectivity index (χ1) is 14.6. The number of hydrogen-bond acceptors (Lipinski definition) is 2. The van der Waals surface area contributed by atoms with Gasteiger partial charge in [-0.2, -0.15) is 0 Å². The van der Waals surface area contributed by atoms with Crippen LogP contribution in [0.5, 0.6) is 0 Å². The Balaban J connectivity index is 1.79. The highest BCUT2D eigenvalue weighted by atomic mass is 16.2. The Morgan fingerprint density at radius 2 is 1.20 bits per heavy atom. The van der Waals surface area contributed by atoms with E-state index in [-0.39, 0.29) is 0 Å². The average molecular weight is 421 g/mol. The molecule has 0 unspecified atom stereocenters. The molecule has 0 bridgehead atoms. The molecular weight excluding hydrogens is 368 g/mol. The van der Waals surface area contributed by atoms with Crippen LogP contribution in [0.25, 0.3) is 0 Å². The molecule has 0 aromatic heterocycles. The Bertz CT molecular complexity index is 434. The van der Waals surface area contributed by atoms with E-state index in [0.29, 0.717) is 17.2 Å². The molecule has 2 rings (SSSR count). The highest BCUT2D eigenvalue weighted by Crippen LogP contribution is 2.41. The van der Waals surface area contributed by atoms with E-state index >= 15 is 0 Å². The van der Waals surface area contributed by atoms with Gasteiger partial charge in [-0.1, -0.05) is 78.6 Å². The summed E-state index contributed by atoms with van der Waals surface area (Å²) in [4.78, 5) is 18.3. The summed E-state index contributed by atoms with van der Waals surface area (Å²) < 4.78 is 0. The van der Waals surface area contributed by atoms with Crippen LogP contribution in [0.4, 0.5) is 0 Å². The van der Waals surface area contributed by atoms with Crippen molar-refractivity contribution in [2.24, 2.45) is 11.3 Å². The second-order valence-corrected chi connectivity index (χ2v) is 10.4. The summed E-state index contributed by atoms with van der Waals surface area (Å²) in [5.74, 6) is 0.793. The number of nitrogens with zero attached hydrogens (tertiary/aromatic N) is 2. The van der Waals surface area contributed by atoms with Crippen LogP contribution in [0.15, 0.2) is 0 Å². The quantitative estimate of drug-likeness (QED) is 0.281. The molecule has 1 amide bonds. The molecule has 2 aliphatic heterocycles. The molecule has 3 nitrogen and oxygen atoms in total. The molecule has 2 aliphatic rings. The van der Waals surface area contributed by atoms with Crippen LogP contribution in [0.1, 0.15) is 124 Å². The van der Waals surface area contributed by atoms with Crippen LogP contribution in [-0.4, -0.2) is 48.4 Å². The van der Waals surface area contributed by atoms with Crippen molar-refractivity contribution in [3.05, 3.63) is 0 Å². The number of carbonyl (C=O) groups excluding carboxylic acids is 1. The minimum atomic E-state index is 0.295. The van der Waals surface area contributed by atoms with Crippen LogP contribution < -0.4 is 0 Å². The second kappa shape index (κ2) is 14.5. The number of hydrogen-bond donors (Lipinski definition) is 0. The molecule has 3 heteroatoms. The van der Waals surface area contributed by atoms with Gasteiger partial charge in [-0.15, -0.1) is 0 Å². The van der Waals surface area contributed by atoms with Gasteiger partial charge in [0, 0.05) is 19.0 Å². The lowest BCUT2D eigenvalue weighted by Crippen LogP contribution is -2.49. The number of piperidine rings is 2. The van der Waals surface area contributed by atoms with Crippen LogP contribution >= 0.6 is 0 Å². The number of amides is 1. The van der Waals surface area contributed by atoms with Crippen LogP contribution in [0.2, 0.25) is 0 Å². The fourth-order valence-corrected chi connectivity index (χ4v) is 5.62. The number of likely N-dealkylation sites (tertiary alicyclic amines) is 2. The monoisotopic (exact) mass is 420 g/mol. The number of unbranched alkanes of at least 4 members (excludes halogenated alkanes) is 7. The van der Waals surface area contributed by atoms with Gasteiger partial charge in [0.15, 0.2) is 0 Å². The van der Waals surface area contributed by atoms with Crippen molar-refractivity contribution >= 4 is 5.91 Å². The van der Waals surface area contributed by atoms with E-state index in [4.69, 9.17) is 0 Å². The molecule has 0 saturated carbocycles. The van der Waals surface area contributed by atoms with E-state index in [1.54, 1.807) is 0 Å². The maximum atomic E-state index is 13.4. The Hall–Kier alpha value is -0.570. The Morgan fingerprint density at radius 1 is 0.700 bits per heavy atom. The van der Waals surface area contributed by atoms with Crippen LogP contribution in [0.3, 0.4) is 0 Å². The first-order valence-electron chi connectivity index (χ1n) is 13.6. The molecular formula is C27H52N2O. The summed E-state index contributed by atoms with van der Waals surface area (Å²) in [6, 6.07) is 0. The summed E-state index contributed by atoms with van der Waals surface area (Å²) in [6.45, 7) is 12.7. The standard InChI is InChI=1S/C27H52N2O/c1-4-7-10-12-14-25(15-13-11-8-5-2)26(30)29-23-18-27(19-24-29)16-21-28(22-17-27)20-9-6-3/h25H,4-24H2,1-3H3. The van der Waals surface area contributed by atoms with E-state index in [1.165, 1.54) is 110 Å². The number of rotatable bonds is 14. The first kappa shape index (κ1) is 25.7. The molecule has 0 atom stereocenters. The van der Waals surface area contributed by atoms with Crippen molar-refractivity contribution < 1.29 is 4.79 Å². The molecule has 0 aromatic carbocycles. The molecule has 2 heterocycles. The highest BCUT2D eigenvalue weighted by Gasteiger charge is 2.39. The maximum Gasteiger partial charge on any atom is 0.225 e. The van der Waals surface area contributed by atoms with E-state index < -0.39 is 0 Å². The average Bonchev–Trinajstić information content (AvgIpc) is 2.78. The molecule has 0 radical (unpaired) electrons. The Labute approximate surface area is 188 Å². The predicted octanol–water partition coefficient (Wildman–Crippen LogP) is 7.05. The summed E-state index contributed by atoms with van der Waals surface area (Å²) in [7, 11) is 0. The van der Waals surface area contributed by atoms with Crippen molar-refractivity contribution in [2.45, 2.75) is 124 Å². The van der Waals surface area contributed by atoms with Crippen LogP contribution in [-0.2, 0) is 4.79 Å². The largest absolute Gasteiger partial charge is 0.342 e. The molecule has 30 heavy (non-hydrogen) atoms. The van der Waals surface area contributed by atoms with Gasteiger partial charge in [0.25, 0.3) is 0 Å². The predicted molar refractivity (Wildman–Crippen MR) is 130 cm³/mol. The van der Waals surface area contributed by atoms with E-state index in [9.17, 15) is 4.79 Å². The molecule has 2 saturated heterocycles. The van der Waals surface area contributed by atoms with Crippen molar-refractivity contribution in [1.29, 1.82) is 0 Å². The minimum absolute atomic E-state index is 0.295.